The molecule has 2 aliphatic heterocycles. The Morgan fingerprint density at radius 3 is 2.91 bits per heavy atom. The first kappa shape index (κ1) is 21.0. The molecule has 2 aromatic heterocycles. The van der Waals surface area contributed by atoms with Crippen LogP contribution in [0.3, 0.4) is 0 Å². The highest BCUT2D eigenvalue weighted by Gasteiger charge is 2.50. The van der Waals surface area contributed by atoms with Gasteiger partial charge in [-0.1, -0.05) is 11.6 Å². The van der Waals surface area contributed by atoms with Crippen molar-refractivity contribution in [3.05, 3.63) is 57.7 Å². The van der Waals surface area contributed by atoms with Crippen molar-refractivity contribution >= 4 is 39.4 Å². The predicted molar refractivity (Wildman–Crippen MR) is 122 cm³/mol. The van der Waals surface area contributed by atoms with Gasteiger partial charge in [-0.2, -0.15) is 5.43 Å². The van der Waals surface area contributed by atoms with E-state index < -0.39 is 5.85 Å². The Morgan fingerprint density at radius 1 is 1.28 bits per heavy atom. The zero-order valence-corrected chi connectivity index (χ0v) is 19.2. The zero-order valence-electron chi connectivity index (χ0n) is 17.7. The molecule has 2 N–H and O–H groups in total. The number of benzene rings is 1. The summed E-state index contributed by atoms with van der Waals surface area (Å²) < 4.78 is 11.7. The number of nitrogens with zero attached hydrogens (tertiary/aromatic N) is 5. The van der Waals surface area contributed by atoms with Gasteiger partial charge in [0.15, 0.2) is 5.01 Å². The van der Waals surface area contributed by atoms with Gasteiger partial charge in [-0.15, -0.1) is 11.3 Å². The summed E-state index contributed by atoms with van der Waals surface area (Å²) in [6.07, 6.45) is 3.38. The number of thiazole rings is 1. The van der Waals surface area contributed by atoms with Gasteiger partial charge in [0.1, 0.15) is 28.0 Å². The summed E-state index contributed by atoms with van der Waals surface area (Å²) in [6.45, 7) is 2.75. The van der Waals surface area contributed by atoms with Crippen LogP contribution in [0.5, 0.6) is 11.5 Å². The second kappa shape index (κ2) is 7.89. The molecule has 0 amide bonds. The number of allylic oxidation sites excluding steroid dienone is 1. The van der Waals surface area contributed by atoms with E-state index in [1.165, 1.54) is 11.3 Å². The van der Waals surface area contributed by atoms with Gasteiger partial charge in [-0.3, -0.25) is 10.0 Å². The number of rotatable bonds is 5. The number of aliphatic hydroxyl groups is 1. The molecular weight excluding hydrogens is 452 g/mol. The molecule has 1 fully saturated rings. The van der Waals surface area contributed by atoms with E-state index in [9.17, 15) is 5.11 Å². The fourth-order valence-corrected chi connectivity index (χ4v) is 5.16. The topological polar surface area (TPSA) is 95.3 Å². The van der Waals surface area contributed by atoms with Gasteiger partial charge >= 0.3 is 0 Å². The van der Waals surface area contributed by atoms with E-state index in [1.807, 2.05) is 35.0 Å². The van der Waals surface area contributed by atoms with Crippen molar-refractivity contribution in [2.45, 2.75) is 19.3 Å². The maximum Gasteiger partial charge on any atom is 0.269 e. The van der Waals surface area contributed by atoms with Gasteiger partial charge in [0.2, 0.25) is 0 Å². The van der Waals surface area contributed by atoms with E-state index in [0.717, 1.165) is 21.8 Å². The molecular formula is C21H21ClN6O3S. The summed E-state index contributed by atoms with van der Waals surface area (Å²) in [7, 11) is 3.23. The van der Waals surface area contributed by atoms with Crippen LogP contribution in [0.15, 0.2) is 47.0 Å². The normalized spacial score (nSPS) is 20.3. The number of hydrogen-bond donors (Lipinski definition) is 2. The van der Waals surface area contributed by atoms with Gasteiger partial charge in [0.05, 0.1) is 43.9 Å². The molecule has 0 spiro atoms. The number of halogens is 1. The number of aliphatic imine (C=N–C) groups is 1. The van der Waals surface area contributed by atoms with E-state index in [1.54, 1.807) is 32.7 Å². The van der Waals surface area contributed by atoms with Crippen molar-refractivity contribution in [2.24, 2.45) is 4.99 Å². The van der Waals surface area contributed by atoms with Crippen LogP contribution in [0, 0.1) is 0 Å². The molecule has 0 unspecified atom stereocenters. The number of fused-ring (bicyclic) bond motifs is 2. The Labute approximate surface area is 193 Å². The fourth-order valence-electron chi connectivity index (χ4n) is 3.91. The first-order valence-electron chi connectivity index (χ1n) is 9.85. The number of pyridine rings is 1. The third kappa shape index (κ3) is 3.36. The molecule has 4 heterocycles. The third-order valence-electron chi connectivity index (χ3n) is 5.43. The SMILES string of the molecule is COc1ccc(CN2N[C@@](O)(c3nc4cnc(Cl)cc4s3)N3CC=NC(C)=C23)c(OC)c1. The molecule has 2 aliphatic rings. The van der Waals surface area contributed by atoms with E-state index in [0.29, 0.717) is 40.3 Å². The molecule has 0 bridgehead atoms. The van der Waals surface area contributed by atoms with E-state index in [4.69, 9.17) is 21.1 Å². The van der Waals surface area contributed by atoms with Crippen molar-refractivity contribution in [3.8, 4) is 11.5 Å². The third-order valence-corrected chi connectivity index (χ3v) is 6.75. The lowest BCUT2D eigenvalue weighted by Gasteiger charge is -2.31. The van der Waals surface area contributed by atoms with Gasteiger partial charge in [0.25, 0.3) is 5.85 Å². The van der Waals surface area contributed by atoms with Crippen LogP contribution in [-0.2, 0) is 12.4 Å². The first-order chi connectivity index (χ1) is 15.4. The molecule has 11 heteroatoms. The Balaban J connectivity index is 1.55. The van der Waals surface area contributed by atoms with Gasteiger partial charge in [0, 0.05) is 17.8 Å². The molecule has 0 radical (unpaired) electrons. The largest absolute Gasteiger partial charge is 0.497 e. The summed E-state index contributed by atoms with van der Waals surface area (Å²) in [5, 5.41) is 14.6. The maximum atomic E-state index is 11.8. The second-order valence-electron chi connectivity index (χ2n) is 7.37. The van der Waals surface area contributed by atoms with Crippen molar-refractivity contribution < 1.29 is 14.6 Å². The highest BCUT2D eigenvalue weighted by Crippen LogP contribution is 2.41. The average molecular weight is 473 g/mol. The maximum absolute atomic E-state index is 11.8. The molecule has 1 atom stereocenters. The molecule has 9 nitrogen and oxygen atoms in total. The number of hydrogen-bond acceptors (Lipinski definition) is 10. The van der Waals surface area contributed by atoms with Crippen molar-refractivity contribution in [1.82, 2.24) is 25.3 Å². The van der Waals surface area contributed by atoms with Crippen molar-refractivity contribution in [2.75, 3.05) is 20.8 Å². The lowest BCUT2D eigenvalue weighted by molar-refractivity contribution is -0.102. The molecule has 3 aromatic rings. The van der Waals surface area contributed by atoms with Crippen LogP contribution >= 0.6 is 22.9 Å². The Bertz CT molecular complexity index is 1260. The highest BCUT2D eigenvalue weighted by molar-refractivity contribution is 7.18. The van der Waals surface area contributed by atoms with E-state index >= 15 is 0 Å². The van der Waals surface area contributed by atoms with Crippen LogP contribution < -0.4 is 14.9 Å². The summed E-state index contributed by atoms with van der Waals surface area (Å²) in [6, 6.07) is 7.40. The molecule has 32 heavy (non-hydrogen) atoms. The zero-order chi connectivity index (χ0) is 22.5. The lowest BCUT2D eigenvalue weighted by Crippen LogP contribution is -2.50. The Morgan fingerprint density at radius 2 is 2.12 bits per heavy atom. The minimum Gasteiger partial charge on any atom is -0.497 e. The minimum atomic E-state index is -1.56. The predicted octanol–water partition coefficient (Wildman–Crippen LogP) is 3.06. The van der Waals surface area contributed by atoms with Gasteiger partial charge in [-0.25, -0.2) is 9.97 Å². The van der Waals surface area contributed by atoms with Crippen molar-refractivity contribution in [1.29, 1.82) is 0 Å². The van der Waals surface area contributed by atoms with Crippen LogP contribution in [0.2, 0.25) is 5.15 Å². The number of aromatic nitrogens is 2. The fraction of sp³-hybridized carbons (Fsp3) is 0.286. The summed E-state index contributed by atoms with van der Waals surface area (Å²) in [4.78, 5) is 15.0. The quantitative estimate of drug-likeness (QED) is 0.547. The Hall–Kier alpha value is -2.92. The van der Waals surface area contributed by atoms with E-state index in [2.05, 4.69) is 20.4 Å². The summed E-state index contributed by atoms with van der Waals surface area (Å²) >= 11 is 7.40. The first-order valence-corrected chi connectivity index (χ1v) is 11.0. The van der Waals surface area contributed by atoms with Gasteiger partial charge < -0.3 is 19.5 Å². The van der Waals surface area contributed by atoms with Gasteiger partial charge in [-0.05, 0) is 25.1 Å². The Kier molecular flexibility index (Phi) is 5.17. The smallest absolute Gasteiger partial charge is 0.269 e. The van der Waals surface area contributed by atoms with E-state index in [-0.39, 0.29) is 0 Å². The highest BCUT2D eigenvalue weighted by atomic mass is 35.5. The standard InChI is InChI=1S/C21H21ClN6O3S/c1-12-19-27(7-6-23-12)21(29,20-25-15-10-24-18(22)9-17(15)32-20)26-28(19)11-13-4-5-14(30-2)8-16(13)31-3/h4-6,8-10,26,29H,7,11H2,1-3H3/t21-/m0/s1. The van der Waals surface area contributed by atoms with Crippen LogP contribution in [0.25, 0.3) is 10.2 Å². The van der Waals surface area contributed by atoms with Crippen LogP contribution in [-0.4, -0.2) is 52.0 Å². The van der Waals surface area contributed by atoms with Crippen molar-refractivity contribution in [3.63, 3.8) is 0 Å². The lowest BCUT2D eigenvalue weighted by atomic mass is 10.2. The van der Waals surface area contributed by atoms with Crippen LogP contribution in [0.1, 0.15) is 17.5 Å². The average Bonchev–Trinajstić information content (AvgIpc) is 3.34. The number of hydrazine groups is 1. The summed E-state index contributed by atoms with van der Waals surface area (Å²) in [5.41, 5.74) is 5.61. The monoisotopic (exact) mass is 472 g/mol. The molecule has 0 aliphatic carbocycles. The summed E-state index contributed by atoms with van der Waals surface area (Å²) in [5.74, 6) is 0.603. The van der Waals surface area contributed by atoms with Crippen LogP contribution in [0.4, 0.5) is 0 Å². The molecule has 0 saturated carbocycles. The number of nitrogens with one attached hydrogen (secondary N) is 1. The molecule has 5 rings (SSSR count). The molecule has 1 aromatic carbocycles. The molecule has 1 saturated heterocycles. The minimum absolute atomic E-state index is 0.383. The number of ether oxygens (including phenoxy) is 2. The second-order valence-corrected chi connectivity index (χ2v) is 8.79. The number of methoxy groups -OCH3 is 2. The molecule has 166 valence electrons.